The second-order valence-corrected chi connectivity index (χ2v) is 6.01. The summed E-state index contributed by atoms with van der Waals surface area (Å²) in [7, 11) is 0. The first-order chi connectivity index (χ1) is 9.86. The molecule has 0 aromatic carbocycles. The summed E-state index contributed by atoms with van der Waals surface area (Å²) in [6.45, 7) is 3.63. The Kier molecular flexibility index (Phi) is 10.9. The Hall–Kier alpha value is -0.410. The van der Waals surface area contributed by atoms with E-state index < -0.39 is 6.29 Å². The van der Waals surface area contributed by atoms with Crippen molar-refractivity contribution in [2.24, 2.45) is 5.92 Å². The molecular weight excluding hydrogens is 252 g/mol. The first-order valence-electron chi connectivity index (χ1n) is 8.55. The van der Waals surface area contributed by atoms with Crippen molar-refractivity contribution >= 4 is 6.29 Å². The lowest BCUT2D eigenvalue weighted by Crippen LogP contribution is -2.32. The fourth-order valence-corrected chi connectivity index (χ4v) is 2.72. The van der Waals surface area contributed by atoms with Crippen LogP contribution in [0.15, 0.2) is 0 Å². The van der Waals surface area contributed by atoms with Gasteiger partial charge in [-0.2, -0.15) is 0 Å². The molecular formula is C17H32O3. The molecule has 0 spiro atoms. The minimum Gasteiger partial charge on any atom is -0.346 e. The van der Waals surface area contributed by atoms with E-state index in [9.17, 15) is 4.79 Å². The number of unbranched alkanes of at least 4 members (excludes halogenated alkanes) is 9. The lowest BCUT2D eigenvalue weighted by Gasteiger charge is -2.26. The fraction of sp³-hybridized carbons (Fsp3) is 0.941. The second-order valence-electron chi connectivity index (χ2n) is 6.01. The molecule has 0 atom stereocenters. The molecule has 0 amide bonds. The van der Waals surface area contributed by atoms with Gasteiger partial charge in [0.2, 0.25) is 6.29 Å². The van der Waals surface area contributed by atoms with Crippen molar-refractivity contribution < 1.29 is 14.3 Å². The van der Waals surface area contributed by atoms with E-state index in [1.807, 2.05) is 0 Å². The number of hydrogen-bond donors (Lipinski definition) is 0. The predicted octanol–water partition coefficient (Wildman–Crippen LogP) is 4.49. The standard InChI is InChI=1S/C17H32O3/c1-2-3-4-5-6-7-8-9-10-11-12-16-14-19-17(13-18)20-15-16/h13,16-17H,2-12,14-15H2,1H3. The van der Waals surface area contributed by atoms with E-state index in [4.69, 9.17) is 9.47 Å². The normalized spacial score (nSPS) is 22.9. The SMILES string of the molecule is CCCCCCCCCCCCC1COC(C=O)OC1. The van der Waals surface area contributed by atoms with Crippen molar-refractivity contribution in [1.82, 2.24) is 0 Å². The second kappa shape index (κ2) is 12.3. The molecule has 0 bridgehead atoms. The zero-order valence-electron chi connectivity index (χ0n) is 13.1. The molecule has 1 saturated heterocycles. The van der Waals surface area contributed by atoms with Crippen LogP contribution in [0.2, 0.25) is 0 Å². The molecule has 0 radical (unpaired) electrons. The zero-order valence-corrected chi connectivity index (χ0v) is 13.1. The molecule has 1 heterocycles. The lowest BCUT2D eigenvalue weighted by atomic mass is 10.0. The van der Waals surface area contributed by atoms with E-state index >= 15 is 0 Å². The molecule has 0 saturated carbocycles. The molecule has 118 valence electrons. The third-order valence-electron chi connectivity index (χ3n) is 4.07. The molecule has 0 N–H and O–H groups in total. The van der Waals surface area contributed by atoms with Crippen LogP contribution in [0.5, 0.6) is 0 Å². The van der Waals surface area contributed by atoms with Gasteiger partial charge < -0.3 is 9.47 Å². The third kappa shape index (κ3) is 8.70. The van der Waals surface area contributed by atoms with E-state index in [-0.39, 0.29) is 0 Å². The molecule has 1 rings (SSSR count). The number of rotatable bonds is 12. The Morgan fingerprint density at radius 2 is 1.35 bits per heavy atom. The van der Waals surface area contributed by atoms with E-state index in [1.54, 1.807) is 0 Å². The van der Waals surface area contributed by atoms with Gasteiger partial charge in [0, 0.05) is 5.92 Å². The first-order valence-corrected chi connectivity index (χ1v) is 8.55. The Labute approximate surface area is 124 Å². The highest BCUT2D eigenvalue weighted by molar-refractivity contribution is 5.53. The zero-order chi connectivity index (χ0) is 14.5. The summed E-state index contributed by atoms with van der Waals surface area (Å²) in [6.07, 6.45) is 15.0. The Bertz CT molecular complexity index is 222. The Morgan fingerprint density at radius 1 is 0.850 bits per heavy atom. The van der Waals surface area contributed by atoms with E-state index in [1.165, 1.54) is 70.6 Å². The van der Waals surface area contributed by atoms with E-state index in [0.717, 1.165) is 6.29 Å². The van der Waals surface area contributed by atoms with Crippen LogP contribution in [-0.4, -0.2) is 25.8 Å². The van der Waals surface area contributed by atoms with Gasteiger partial charge in [0.05, 0.1) is 13.2 Å². The average Bonchev–Trinajstić information content (AvgIpc) is 2.50. The monoisotopic (exact) mass is 284 g/mol. The van der Waals surface area contributed by atoms with Gasteiger partial charge in [0.25, 0.3) is 0 Å². The molecule has 0 aromatic rings. The smallest absolute Gasteiger partial charge is 0.214 e. The van der Waals surface area contributed by atoms with E-state index in [2.05, 4.69) is 6.92 Å². The van der Waals surface area contributed by atoms with Gasteiger partial charge in [-0.25, -0.2) is 0 Å². The maximum atomic E-state index is 10.5. The number of carbonyl (C=O) groups excluding carboxylic acids is 1. The molecule has 1 fully saturated rings. The molecule has 3 nitrogen and oxygen atoms in total. The predicted molar refractivity (Wildman–Crippen MR) is 81.7 cm³/mol. The highest BCUT2D eigenvalue weighted by atomic mass is 16.7. The topological polar surface area (TPSA) is 35.5 Å². The van der Waals surface area contributed by atoms with Crippen LogP contribution in [0.25, 0.3) is 0 Å². The summed E-state index contributed by atoms with van der Waals surface area (Å²) in [5, 5.41) is 0. The fourth-order valence-electron chi connectivity index (χ4n) is 2.72. The van der Waals surface area contributed by atoms with Crippen molar-refractivity contribution in [3.63, 3.8) is 0 Å². The van der Waals surface area contributed by atoms with Crippen LogP contribution in [0.3, 0.4) is 0 Å². The van der Waals surface area contributed by atoms with Crippen LogP contribution in [0.1, 0.15) is 77.6 Å². The number of hydrogen-bond acceptors (Lipinski definition) is 3. The van der Waals surface area contributed by atoms with Crippen LogP contribution in [-0.2, 0) is 14.3 Å². The highest BCUT2D eigenvalue weighted by Crippen LogP contribution is 2.18. The first kappa shape index (κ1) is 17.6. The summed E-state index contributed by atoms with van der Waals surface area (Å²) in [4.78, 5) is 10.5. The molecule has 0 aliphatic carbocycles. The van der Waals surface area contributed by atoms with Crippen LogP contribution in [0.4, 0.5) is 0 Å². The van der Waals surface area contributed by atoms with Gasteiger partial charge in [-0.15, -0.1) is 0 Å². The summed E-state index contributed by atoms with van der Waals surface area (Å²) >= 11 is 0. The minimum absolute atomic E-state index is 0.486. The number of ether oxygens (including phenoxy) is 2. The van der Waals surface area contributed by atoms with E-state index in [0.29, 0.717) is 19.1 Å². The van der Waals surface area contributed by atoms with Gasteiger partial charge in [0.1, 0.15) is 0 Å². The largest absolute Gasteiger partial charge is 0.346 e. The maximum absolute atomic E-state index is 10.5. The molecule has 1 aliphatic rings. The quantitative estimate of drug-likeness (QED) is 0.391. The molecule has 0 unspecified atom stereocenters. The van der Waals surface area contributed by atoms with Gasteiger partial charge in [0.15, 0.2) is 6.29 Å². The number of aldehydes is 1. The highest BCUT2D eigenvalue weighted by Gasteiger charge is 2.20. The van der Waals surface area contributed by atoms with Crippen molar-refractivity contribution in [2.75, 3.05) is 13.2 Å². The van der Waals surface area contributed by atoms with Gasteiger partial charge in [-0.05, 0) is 6.42 Å². The molecule has 3 heteroatoms. The summed E-state index contributed by atoms with van der Waals surface area (Å²) in [5.41, 5.74) is 0. The third-order valence-corrected chi connectivity index (χ3v) is 4.07. The summed E-state index contributed by atoms with van der Waals surface area (Å²) < 4.78 is 10.6. The van der Waals surface area contributed by atoms with Crippen LogP contribution in [0, 0.1) is 5.92 Å². The van der Waals surface area contributed by atoms with Crippen LogP contribution < -0.4 is 0 Å². The van der Waals surface area contributed by atoms with Gasteiger partial charge in [-0.1, -0.05) is 71.1 Å². The van der Waals surface area contributed by atoms with Crippen LogP contribution >= 0.6 is 0 Å². The van der Waals surface area contributed by atoms with Crippen molar-refractivity contribution in [3.05, 3.63) is 0 Å². The lowest BCUT2D eigenvalue weighted by molar-refractivity contribution is -0.193. The molecule has 20 heavy (non-hydrogen) atoms. The average molecular weight is 284 g/mol. The van der Waals surface area contributed by atoms with Gasteiger partial charge in [-0.3, -0.25) is 4.79 Å². The number of carbonyl (C=O) groups is 1. The molecule has 1 aliphatic heterocycles. The van der Waals surface area contributed by atoms with Gasteiger partial charge >= 0.3 is 0 Å². The maximum Gasteiger partial charge on any atom is 0.214 e. The Morgan fingerprint density at radius 3 is 1.85 bits per heavy atom. The van der Waals surface area contributed by atoms with Crippen molar-refractivity contribution in [3.8, 4) is 0 Å². The minimum atomic E-state index is -0.612. The summed E-state index contributed by atoms with van der Waals surface area (Å²) in [6, 6.07) is 0. The summed E-state index contributed by atoms with van der Waals surface area (Å²) in [5.74, 6) is 0.486. The molecule has 0 aromatic heterocycles. The Balaban J connectivity index is 1.80. The van der Waals surface area contributed by atoms with Crippen molar-refractivity contribution in [2.45, 2.75) is 83.8 Å². The van der Waals surface area contributed by atoms with Crippen molar-refractivity contribution in [1.29, 1.82) is 0 Å².